The molecule has 1 N–H and O–H groups in total. The Morgan fingerprint density at radius 1 is 1.29 bits per heavy atom. The molecule has 0 atom stereocenters. The first kappa shape index (κ1) is 13.4. The Morgan fingerprint density at radius 2 is 1.71 bits per heavy atom. The summed E-state index contributed by atoms with van der Waals surface area (Å²) in [4.78, 5) is 15.6. The van der Waals surface area contributed by atoms with Gasteiger partial charge in [-0.15, -0.1) is 0 Å². The van der Waals surface area contributed by atoms with Crippen LogP contribution < -0.4 is 0 Å². The lowest BCUT2D eigenvalue weighted by Crippen LogP contribution is -2.42. The second-order valence-corrected chi connectivity index (χ2v) is 4.48. The van der Waals surface area contributed by atoms with Crippen molar-refractivity contribution in [3.05, 3.63) is 0 Å². The third-order valence-electron chi connectivity index (χ3n) is 3.19. The van der Waals surface area contributed by atoms with Crippen molar-refractivity contribution in [1.29, 1.82) is 0 Å². The van der Waals surface area contributed by atoms with Crippen molar-refractivity contribution in [3.8, 4) is 0 Å². The maximum Gasteiger partial charge on any atom is 0.348 e. The Labute approximate surface area is 86.4 Å². The molecule has 0 aromatic rings. The quantitative estimate of drug-likeness (QED) is 0.550. The molecule has 0 aliphatic heterocycles. The highest BCUT2D eigenvalue weighted by Gasteiger charge is 2.45. The molecule has 0 radical (unpaired) electrons. The van der Waals surface area contributed by atoms with E-state index in [2.05, 4.69) is 4.89 Å². The van der Waals surface area contributed by atoms with Crippen molar-refractivity contribution in [2.45, 2.75) is 47.5 Å². The molecule has 0 bridgehead atoms. The smallest absolute Gasteiger partial charge is 0.300 e. The minimum absolute atomic E-state index is 0.169. The molecule has 0 saturated heterocycles. The number of rotatable bonds is 5. The summed E-state index contributed by atoms with van der Waals surface area (Å²) in [5.74, 6) is -0.159. The summed E-state index contributed by atoms with van der Waals surface area (Å²) in [6, 6.07) is 0. The van der Waals surface area contributed by atoms with Crippen LogP contribution in [0.15, 0.2) is 0 Å². The first-order valence-corrected chi connectivity index (χ1v) is 5.29. The summed E-state index contributed by atoms with van der Waals surface area (Å²) in [5, 5.41) is 8.55. The van der Waals surface area contributed by atoms with E-state index in [-0.39, 0.29) is 11.8 Å². The SMILES string of the molecule is CCCC(C(=O)OO)(C(C)C)C(C)C. The van der Waals surface area contributed by atoms with Crippen molar-refractivity contribution in [2.75, 3.05) is 0 Å². The van der Waals surface area contributed by atoms with E-state index in [0.29, 0.717) is 0 Å². The average Bonchev–Trinajstić information content (AvgIpc) is 2.11. The molecule has 84 valence electrons. The number of hydrogen-bond donors (Lipinski definition) is 1. The first-order chi connectivity index (χ1) is 6.43. The molecule has 0 aliphatic carbocycles. The molecule has 14 heavy (non-hydrogen) atoms. The Balaban J connectivity index is 5.04. The monoisotopic (exact) mass is 202 g/mol. The van der Waals surface area contributed by atoms with Crippen molar-refractivity contribution in [3.63, 3.8) is 0 Å². The van der Waals surface area contributed by atoms with Gasteiger partial charge in [0.15, 0.2) is 0 Å². The van der Waals surface area contributed by atoms with Crippen molar-refractivity contribution in [2.24, 2.45) is 17.3 Å². The molecule has 3 heteroatoms. The van der Waals surface area contributed by atoms with E-state index in [1.54, 1.807) is 0 Å². The highest BCUT2D eigenvalue weighted by Crippen LogP contribution is 2.41. The zero-order valence-corrected chi connectivity index (χ0v) is 9.83. The standard InChI is InChI=1S/C11H22O3/c1-6-7-11(8(2)3,9(4)5)10(12)14-13/h8-9,13H,6-7H2,1-5H3. The minimum Gasteiger partial charge on any atom is -0.300 e. The predicted octanol–water partition coefficient (Wildman–Crippen LogP) is 3.10. The number of carbonyl (C=O) groups excluding carboxylic acids is 1. The molecular formula is C11H22O3. The average molecular weight is 202 g/mol. The fourth-order valence-corrected chi connectivity index (χ4v) is 2.32. The van der Waals surface area contributed by atoms with Crippen LogP contribution in [-0.2, 0) is 9.68 Å². The third kappa shape index (κ3) is 2.27. The van der Waals surface area contributed by atoms with Gasteiger partial charge in [-0.1, -0.05) is 41.0 Å². The molecule has 0 fully saturated rings. The van der Waals surface area contributed by atoms with Gasteiger partial charge in [-0.3, -0.25) is 0 Å². The van der Waals surface area contributed by atoms with Crippen molar-refractivity contribution < 1.29 is 14.9 Å². The molecule has 0 spiro atoms. The van der Waals surface area contributed by atoms with E-state index in [0.717, 1.165) is 12.8 Å². The zero-order chi connectivity index (χ0) is 11.4. The van der Waals surface area contributed by atoms with Gasteiger partial charge in [-0.05, 0) is 18.3 Å². The van der Waals surface area contributed by atoms with Crippen LogP contribution in [0.5, 0.6) is 0 Å². The summed E-state index contributed by atoms with van der Waals surface area (Å²) in [6.07, 6.45) is 1.66. The molecule has 0 amide bonds. The zero-order valence-electron chi connectivity index (χ0n) is 9.83. The third-order valence-corrected chi connectivity index (χ3v) is 3.19. The number of hydrogen-bond acceptors (Lipinski definition) is 3. The van der Waals surface area contributed by atoms with Gasteiger partial charge in [-0.2, -0.15) is 5.26 Å². The van der Waals surface area contributed by atoms with Crippen LogP contribution in [0, 0.1) is 17.3 Å². The van der Waals surface area contributed by atoms with Gasteiger partial charge in [0.2, 0.25) is 0 Å². The highest BCUT2D eigenvalue weighted by atomic mass is 17.1. The van der Waals surface area contributed by atoms with Crippen LogP contribution >= 0.6 is 0 Å². The van der Waals surface area contributed by atoms with E-state index in [9.17, 15) is 4.79 Å². The van der Waals surface area contributed by atoms with Gasteiger partial charge in [-0.25, -0.2) is 4.79 Å². The molecule has 3 nitrogen and oxygen atoms in total. The van der Waals surface area contributed by atoms with Crippen molar-refractivity contribution >= 4 is 5.97 Å². The van der Waals surface area contributed by atoms with Crippen LogP contribution in [0.3, 0.4) is 0 Å². The predicted molar refractivity (Wildman–Crippen MR) is 55.7 cm³/mol. The topological polar surface area (TPSA) is 46.5 Å². The van der Waals surface area contributed by atoms with Gasteiger partial charge in [0, 0.05) is 0 Å². The maximum atomic E-state index is 11.6. The lowest BCUT2D eigenvalue weighted by molar-refractivity contribution is -0.251. The second kappa shape index (κ2) is 5.35. The largest absolute Gasteiger partial charge is 0.348 e. The number of carbonyl (C=O) groups is 1. The molecular weight excluding hydrogens is 180 g/mol. The van der Waals surface area contributed by atoms with E-state index < -0.39 is 11.4 Å². The van der Waals surface area contributed by atoms with Crippen LogP contribution in [0.25, 0.3) is 0 Å². The summed E-state index contributed by atoms with van der Waals surface area (Å²) >= 11 is 0. The molecule has 0 rings (SSSR count). The van der Waals surface area contributed by atoms with Gasteiger partial charge < -0.3 is 4.89 Å². The summed E-state index contributed by atoms with van der Waals surface area (Å²) in [7, 11) is 0. The van der Waals surface area contributed by atoms with Crippen LogP contribution in [0.1, 0.15) is 47.5 Å². The van der Waals surface area contributed by atoms with Gasteiger partial charge in [0.1, 0.15) is 0 Å². The van der Waals surface area contributed by atoms with Gasteiger partial charge in [0.05, 0.1) is 5.41 Å². The Morgan fingerprint density at radius 3 is 1.93 bits per heavy atom. The normalized spacial score (nSPS) is 12.3. The maximum absolute atomic E-state index is 11.6. The van der Waals surface area contributed by atoms with E-state index in [1.807, 2.05) is 34.6 Å². The Kier molecular flexibility index (Phi) is 5.13. The van der Waals surface area contributed by atoms with E-state index >= 15 is 0 Å². The molecule has 0 aliphatic rings. The Hall–Kier alpha value is -0.570. The molecule has 0 aromatic heterocycles. The fourth-order valence-electron chi connectivity index (χ4n) is 2.32. The molecule has 0 unspecified atom stereocenters. The highest BCUT2D eigenvalue weighted by molar-refractivity contribution is 5.76. The summed E-state index contributed by atoms with van der Waals surface area (Å²) < 4.78 is 0. The van der Waals surface area contributed by atoms with Crippen LogP contribution in [0.2, 0.25) is 0 Å². The lowest BCUT2D eigenvalue weighted by atomic mass is 9.66. The first-order valence-electron chi connectivity index (χ1n) is 5.29. The van der Waals surface area contributed by atoms with Gasteiger partial charge in [0.25, 0.3) is 0 Å². The molecule has 0 heterocycles. The second-order valence-electron chi connectivity index (χ2n) is 4.48. The van der Waals surface area contributed by atoms with Crippen LogP contribution in [-0.4, -0.2) is 11.2 Å². The van der Waals surface area contributed by atoms with E-state index in [1.165, 1.54) is 0 Å². The summed E-state index contributed by atoms with van der Waals surface area (Å²) in [5.41, 5.74) is -0.552. The minimum atomic E-state index is -0.552. The van der Waals surface area contributed by atoms with Gasteiger partial charge >= 0.3 is 5.97 Å². The molecule has 0 saturated carbocycles. The van der Waals surface area contributed by atoms with Crippen molar-refractivity contribution in [1.82, 2.24) is 0 Å². The fraction of sp³-hybridized carbons (Fsp3) is 0.909. The van der Waals surface area contributed by atoms with Crippen LogP contribution in [0.4, 0.5) is 0 Å². The van der Waals surface area contributed by atoms with E-state index in [4.69, 9.17) is 5.26 Å². The lowest BCUT2D eigenvalue weighted by Gasteiger charge is -2.37. The molecule has 0 aromatic carbocycles. The Bertz CT molecular complexity index is 177. The summed E-state index contributed by atoms with van der Waals surface area (Å²) in [6.45, 7) is 10.0.